The van der Waals surface area contributed by atoms with Crippen molar-refractivity contribution in [2.24, 2.45) is 5.92 Å². The Balaban J connectivity index is 1.53. The number of anilines is 2. The summed E-state index contributed by atoms with van der Waals surface area (Å²) in [5, 5.41) is 2.91. The van der Waals surface area contributed by atoms with E-state index in [9.17, 15) is 4.79 Å². The first-order valence-electron chi connectivity index (χ1n) is 7.38. The van der Waals surface area contributed by atoms with Crippen LogP contribution in [0.4, 0.5) is 11.5 Å². The van der Waals surface area contributed by atoms with E-state index in [0.717, 1.165) is 19.5 Å². The lowest BCUT2D eigenvalue weighted by Gasteiger charge is -2.18. The van der Waals surface area contributed by atoms with Crippen LogP contribution >= 0.6 is 0 Å². The zero-order chi connectivity index (χ0) is 15.4. The van der Waals surface area contributed by atoms with Crippen LogP contribution in [0.25, 0.3) is 0 Å². The number of nitrogens with zero attached hydrogens (tertiary/aromatic N) is 3. The molecule has 6 heteroatoms. The molecule has 3 rings (SSSR count). The van der Waals surface area contributed by atoms with Gasteiger partial charge in [0.1, 0.15) is 0 Å². The number of benzene rings is 1. The summed E-state index contributed by atoms with van der Waals surface area (Å²) in [7, 11) is 0. The summed E-state index contributed by atoms with van der Waals surface area (Å²) in [6.45, 7) is 2.58. The van der Waals surface area contributed by atoms with E-state index >= 15 is 0 Å². The normalized spacial score (nSPS) is 17.5. The summed E-state index contributed by atoms with van der Waals surface area (Å²) < 4.78 is 0. The molecule has 114 valence electrons. The van der Waals surface area contributed by atoms with Gasteiger partial charge in [-0.15, -0.1) is 0 Å². The molecule has 2 heterocycles. The van der Waals surface area contributed by atoms with E-state index in [1.54, 1.807) is 0 Å². The van der Waals surface area contributed by atoms with Crippen LogP contribution in [0, 0.1) is 5.92 Å². The van der Waals surface area contributed by atoms with E-state index < -0.39 is 0 Å². The summed E-state index contributed by atoms with van der Waals surface area (Å²) in [5.74, 6) is 0.336. The summed E-state index contributed by atoms with van der Waals surface area (Å²) in [6.07, 6.45) is 4.00. The highest BCUT2D eigenvalue weighted by Gasteiger charge is 2.23. The van der Waals surface area contributed by atoms with Gasteiger partial charge in [0.05, 0.1) is 0 Å². The minimum Gasteiger partial charge on any atom is -0.382 e. The molecule has 0 aliphatic carbocycles. The van der Waals surface area contributed by atoms with Crippen molar-refractivity contribution in [3.63, 3.8) is 0 Å². The Labute approximate surface area is 129 Å². The first kappa shape index (κ1) is 14.3. The van der Waals surface area contributed by atoms with Gasteiger partial charge in [-0.25, -0.2) is 9.97 Å². The number of carbonyl (C=O) groups is 1. The highest BCUT2D eigenvalue weighted by Crippen LogP contribution is 2.23. The SMILES string of the molecule is Nc1nccnc1C(=O)NC[C@H]1CCN(c2ccccc2)C1. The number of nitrogens with two attached hydrogens (primary N) is 1. The maximum absolute atomic E-state index is 12.1. The molecule has 1 saturated heterocycles. The van der Waals surface area contributed by atoms with E-state index in [1.807, 2.05) is 18.2 Å². The predicted molar refractivity (Wildman–Crippen MR) is 85.5 cm³/mol. The molecular weight excluding hydrogens is 278 g/mol. The van der Waals surface area contributed by atoms with Crippen molar-refractivity contribution < 1.29 is 4.79 Å². The number of para-hydroxylation sites is 1. The number of amides is 1. The Morgan fingerprint density at radius 3 is 2.82 bits per heavy atom. The second kappa shape index (κ2) is 6.43. The molecule has 1 atom stereocenters. The molecule has 6 nitrogen and oxygen atoms in total. The second-order valence-electron chi connectivity index (χ2n) is 5.44. The Bertz CT molecular complexity index is 646. The fourth-order valence-corrected chi connectivity index (χ4v) is 2.72. The number of hydrogen-bond acceptors (Lipinski definition) is 5. The topological polar surface area (TPSA) is 84.1 Å². The third-order valence-electron chi connectivity index (χ3n) is 3.90. The Kier molecular flexibility index (Phi) is 4.18. The van der Waals surface area contributed by atoms with Crippen LogP contribution in [0.2, 0.25) is 0 Å². The average Bonchev–Trinajstić information content (AvgIpc) is 3.03. The van der Waals surface area contributed by atoms with Crippen LogP contribution < -0.4 is 16.0 Å². The van der Waals surface area contributed by atoms with Crippen molar-refractivity contribution in [1.82, 2.24) is 15.3 Å². The van der Waals surface area contributed by atoms with Crippen molar-refractivity contribution in [3.8, 4) is 0 Å². The minimum absolute atomic E-state index is 0.164. The third kappa shape index (κ3) is 3.16. The van der Waals surface area contributed by atoms with Gasteiger partial charge in [-0.2, -0.15) is 0 Å². The summed E-state index contributed by atoms with van der Waals surface area (Å²) in [6, 6.07) is 10.3. The van der Waals surface area contributed by atoms with Gasteiger partial charge in [-0.05, 0) is 24.5 Å². The van der Waals surface area contributed by atoms with Crippen LogP contribution in [-0.2, 0) is 0 Å². The average molecular weight is 297 g/mol. The number of hydrogen-bond donors (Lipinski definition) is 2. The second-order valence-corrected chi connectivity index (χ2v) is 5.44. The van der Waals surface area contributed by atoms with E-state index in [0.29, 0.717) is 12.5 Å². The molecule has 1 aromatic heterocycles. The minimum atomic E-state index is -0.260. The van der Waals surface area contributed by atoms with Gasteiger partial charge in [-0.1, -0.05) is 18.2 Å². The van der Waals surface area contributed by atoms with Gasteiger partial charge in [-0.3, -0.25) is 4.79 Å². The number of rotatable bonds is 4. The van der Waals surface area contributed by atoms with Crippen molar-refractivity contribution >= 4 is 17.4 Å². The summed E-state index contributed by atoms with van der Waals surface area (Å²) in [4.78, 5) is 22.3. The molecule has 2 aromatic rings. The molecule has 3 N–H and O–H groups in total. The van der Waals surface area contributed by atoms with E-state index in [2.05, 4.69) is 32.3 Å². The van der Waals surface area contributed by atoms with Crippen molar-refractivity contribution in [3.05, 3.63) is 48.4 Å². The lowest BCUT2D eigenvalue weighted by atomic mass is 10.1. The third-order valence-corrected chi connectivity index (χ3v) is 3.90. The monoisotopic (exact) mass is 297 g/mol. The lowest BCUT2D eigenvalue weighted by molar-refractivity contribution is 0.0944. The summed E-state index contributed by atoms with van der Waals surface area (Å²) >= 11 is 0. The molecule has 0 spiro atoms. The molecule has 22 heavy (non-hydrogen) atoms. The van der Waals surface area contributed by atoms with Crippen LogP contribution in [-0.4, -0.2) is 35.5 Å². The maximum atomic E-state index is 12.1. The van der Waals surface area contributed by atoms with Gasteiger partial charge in [0.2, 0.25) is 0 Å². The standard InChI is InChI=1S/C16H19N5O/c17-15-14(18-7-8-19-15)16(22)20-10-12-6-9-21(11-12)13-4-2-1-3-5-13/h1-5,7-8,12H,6,9-11H2,(H2,17,19)(H,20,22)/t12-/m1/s1. The zero-order valence-electron chi connectivity index (χ0n) is 12.3. The van der Waals surface area contributed by atoms with Crippen molar-refractivity contribution in [2.45, 2.75) is 6.42 Å². The van der Waals surface area contributed by atoms with Crippen molar-refractivity contribution in [1.29, 1.82) is 0 Å². The van der Waals surface area contributed by atoms with E-state index in [4.69, 9.17) is 5.73 Å². The van der Waals surface area contributed by atoms with Crippen LogP contribution in [0.1, 0.15) is 16.9 Å². The highest BCUT2D eigenvalue weighted by atomic mass is 16.1. The molecule has 0 radical (unpaired) electrons. The molecule has 1 aliphatic heterocycles. The molecule has 0 bridgehead atoms. The molecule has 1 aliphatic rings. The fraction of sp³-hybridized carbons (Fsp3) is 0.312. The van der Waals surface area contributed by atoms with E-state index in [-0.39, 0.29) is 17.4 Å². The van der Waals surface area contributed by atoms with Gasteiger partial charge < -0.3 is 16.0 Å². The Hall–Kier alpha value is -2.63. The molecule has 1 aromatic carbocycles. The smallest absolute Gasteiger partial charge is 0.273 e. The van der Waals surface area contributed by atoms with Crippen LogP contribution in [0.15, 0.2) is 42.7 Å². The maximum Gasteiger partial charge on any atom is 0.273 e. The molecule has 0 saturated carbocycles. The summed E-state index contributed by atoms with van der Waals surface area (Å²) in [5.41, 5.74) is 7.09. The van der Waals surface area contributed by atoms with Crippen molar-refractivity contribution in [2.75, 3.05) is 30.3 Å². The Morgan fingerprint density at radius 1 is 1.27 bits per heavy atom. The zero-order valence-corrected chi connectivity index (χ0v) is 12.3. The van der Waals surface area contributed by atoms with Gasteiger partial charge >= 0.3 is 0 Å². The molecule has 1 fully saturated rings. The van der Waals surface area contributed by atoms with Gasteiger partial charge in [0.25, 0.3) is 5.91 Å². The van der Waals surface area contributed by atoms with Crippen LogP contribution in [0.5, 0.6) is 0 Å². The number of carbonyl (C=O) groups excluding carboxylic acids is 1. The number of nitrogen functional groups attached to an aromatic ring is 1. The molecule has 0 unspecified atom stereocenters. The number of nitrogens with one attached hydrogen (secondary N) is 1. The lowest BCUT2D eigenvalue weighted by Crippen LogP contribution is -2.32. The van der Waals surface area contributed by atoms with Gasteiger partial charge in [0, 0.05) is 37.7 Å². The Morgan fingerprint density at radius 2 is 2.05 bits per heavy atom. The quantitative estimate of drug-likeness (QED) is 0.889. The molecular formula is C16H19N5O. The molecule has 1 amide bonds. The first-order valence-corrected chi connectivity index (χ1v) is 7.38. The highest BCUT2D eigenvalue weighted by molar-refractivity contribution is 5.96. The largest absolute Gasteiger partial charge is 0.382 e. The number of aromatic nitrogens is 2. The fourth-order valence-electron chi connectivity index (χ4n) is 2.72. The predicted octanol–water partition coefficient (Wildman–Crippen LogP) is 1.32. The van der Waals surface area contributed by atoms with E-state index in [1.165, 1.54) is 18.1 Å². The van der Waals surface area contributed by atoms with Crippen LogP contribution in [0.3, 0.4) is 0 Å². The van der Waals surface area contributed by atoms with Gasteiger partial charge in [0.15, 0.2) is 11.5 Å². The first-order chi connectivity index (χ1) is 10.7.